The fraction of sp³-hybridized carbons (Fsp3) is 0.909. The highest BCUT2D eigenvalue weighted by molar-refractivity contribution is 5.69. The molecule has 0 aromatic rings. The molecule has 0 spiro atoms. The highest BCUT2D eigenvalue weighted by Gasteiger charge is 2.24. The molecule has 0 radical (unpaired) electrons. The monoisotopic (exact) mass is 215 g/mol. The Bertz CT molecular complexity index is 208. The van der Waals surface area contributed by atoms with Gasteiger partial charge in [0.05, 0.1) is 18.8 Å². The molecule has 1 saturated heterocycles. The molecular weight excluding hydrogens is 194 g/mol. The molecular formula is C11H21NO3. The Morgan fingerprint density at radius 3 is 2.73 bits per heavy atom. The number of rotatable bonds is 6. The number of hydrogen-bond acceptors (Lipinski definition) is 3. The zero-order valence-corrected chi connectivity index (χ0v) is 9.61. The molecule has 4 nitrogen and oxygen atoms in total. The first-order valence-corrected chi connectivity index (χ1v) is 5.71. The molecule has 0 aromatic carbocycles. The second kappa shape index (κ2) is 6.08. The maximum atomic E-state index is 10.6. The molecule has 0 saturated carbocycles. The molecule has 0 amide bonds. The lowest BCUT2D eigenvalue weighted by Crippen LogP contribution is -2.36. The van der Waals surface area contributed by atoms with Crippen LogP contribution in [-0.2, 0) is 9.53 Å². The molecule has 0 aromatic heterocycles. The Labute approximate surface area is 91.2 Å². The van der Waals surface area contributed by atoms with Gasteiger partial charge in [-0.15, -0.1) is 0 Å². The van der Waals surface area contributed by atoms with E-state index in [-0.39, 0.29) is 12.6 Å². The molecule has 4 heteroatoms. The summed E-state index contributed by atoms with van der Waals surface area (Å²) in [6, 6.07) is 0. The van der Waals surface area contributed by atoms with Gasteiger partial charge >= 0.3 is 5.97 Å². The van der Waals surface area contributed by atoms with Crippen molar-refractivity contribution in [3.63, 3.8) is 0 Å². The maximum absolute atomic E-state index is 10.6. The third-order valence-electron chi connectivity index (χ3n) is 2.68. The fourth-order valence-electron chi connectivity index (χ4n) is 2.05. The van der Waals surface area contributed by atoms with E-state index in [0.29, 0.717) is 6.10 Å². The van der Waals surface area contributed by atoms with Gasteiger partial charge in [-0.25, -0.2) is 0 Å². The molecule has 1 aliphatic heterocycles. The Kier molecular flexibility index (Phi) is 5.05. The van der Waals surface area contributed by atoms with Crippen LogP contribution in [0.15, 0.2) is 0 Å². The van der Waals surface area contributed by atoms with Gasteiger partial charge in [-0.05, 0) is 32.7 Å². The van der Waals surface area contributed by atoms with Crippen molar-refractivity contribution in [3.05, 3.63) is 0 Å². The maximum Gasteiger partial charge on any atom is 0.317 e. The number of aliphatic carboxylic acids is 1. The number of carbonyl (C=O) groups is 1. The number of carboxylic acid groups (broad SMARTS) is 1. The van der Waals surface area contributed by atoms with Crippen molar-refractivity contribution in [1.29, 1.82) is 0 Å². The molecule has 1 fully saturated rings. The smallest absolute Gasteiger partial charge is 0.317 e. The lowest BCUT2D eigenvalue weighted by molar-refractivity contribution is -0.138. The van der Waals surface area contributed by atoms with Crippen molar-refractivity contribution >= 4 is 5.97 Å². The number of carboxylic acids is 1. The lowest BCUT2D eigenvalue weighted by Gasteiger charge is -2.23. The first kappa shape index (κ1) is 12.5. The van der Waals surface area contributed by atoms with Crippen molar-refractivity contribution in [3.8, 4) is 0 Å². The van der Waals surface area contributed by atoms with E-state index in [4.69, 9.17) is 9.84 Å². The summed E-state index contributed by atoms with van der Waals surface area (Å²) in [5, 5.41) is 8.75. The Hall–Kier alpha value is -0.610. The zero-order valence-electron chi connectivity index (χ0n) is 9.61. The number of ether oxygens (including phenoxy) is 1. The van der Waals surface area contributed by atoms with Crippen LogP contribution in [0.2, 0.25) is 0 Å². The van der Waals surface area contributed by atoms with Crippen molar-refractivity contribution in [2.75, 3.05) is 19.6 Å². The molecule has 2 unspecified atom stereocenters. The zero-order chi connectivity index (χ0) is 11.3. The first-order chi connectivity index (χ1) is 7.11. The SMILES string of the molecule is CCCN(CC(=O)O)CC1CCC(C)O1. The minimum Gasteiger partial charge on any atom is -0.480 e. The fourth-order valence-corrected chi connectivity index (χ4v) is 2.05. The van der Waals surface area contributed by atoms with Gasteiger partial charge in [-0.2, -0.15) is 0 Å². The van der Waals surface area contributed by atoms with Crippen LogP contribution in [0.1, 0.15) is 33.1 Å². The molecule has 2 atom stereocenters. The summed E-state index contributed by atoms with van der Waals surface area (Å²) >= 11 is 0. The Balaban J connectivity index is 2.33. The normalized spacial score (nSPS) is 26.1. The second-order valence-corrected chi connectivity index (χ2v) is 4.27. The summed E-state index contributed by atoms with van der Waals surface area (Å²) < 4.78 is 5.69. The number of nitrogens with zero attached hydrogens (tertiary/aromatic N) is 1. The van der Waals surface area contributed by atoms with Crippen LogP contribution in [-0.4, -0.2) is 47.8 Å². The van der Waals surface area contributed by atoms with Gasteiger partial charge < -0.3 is 9.84 Å². The summed E-state index contributed by atoms with van der Waals surface area (Å²) in [4.78, 5) is 12.6. The lowest BCUT2D eigenvalue weighted by atomic mass is 10.2. The topological polar surface area (TPSA) is 49.8 Å². The molecule has 1 N–H and O–H groups in total. The van der Waals surface area contributed by atoms with E-state index in [1.54, 1.807) is 0 Å². The van der Waals surface area contributed by atoms with E-state index >= 15 is 0 Å². The third kappa shape index (κ3) is 4.62. The number of hydrogen-bond donors (Lipinski definition) is 1. The van der Waals surface area contributed by atoms with E-state index < -0.39 is 5.97 Å². The molecule has 1 rings (SSSR count). The standard InChI is InChI=1S/C11H21NO3/c1-3-6-12(8-11(13)14)7-10-5-4-9(2)15-10/h9-10H,3-8H2,1-2H3,(H,13,14). The average Bonchev–Trinajstić information content (AvgIpc) is 2.50. The predicted octanol–water partition coefficient (Wildman–Crippen LogP) is 1.35. The summed E-state index contributed by atoms with van der Waals surface area (Å²) in [6.45, 7) is 5.85. The Morgan fingerprint density at radius 1 is 1.53 bits per heavy atom. The minimum atomic E-state index is -0.755. The van der Waals surface area contributed by atoms with Gasteiger partial charge in [-0.1, -0.05) is 6.92 Å². The van der Waals surface area contributed by atoms with Crippen LogP contribution in [0.4, 0.5) is 0 Å². The van der Waals surface area contributed by atoms with E-state index in [9.17, 15) is 4.79 Å². The molecule has 88 valence electrons. The van der Waals surface area contributed by atoms with E-state index in [1.807, 2.05) is 4.90 Å². The quantitative estimate of drug-likeness (QED) is 0.726. The van der Waals surface area contributed by atoms with Crippen molar-refractivity contribution < 1.29 is 14.6 Å². The summed E-state index contributed by atoms with van der Waals surface area (Å²) in [5.74, 6) is -0.755. The molecule has 15 heavy (non-hydrogen) atoms. The van der Waals surface area contributed by atoms with E-state index in [0.717, 1.165) is 32.4 Å². The van der Waals surface area contributed by atoms with Crippen molar-refractivity contribution in [1.82, 2.24) is 4.90 Å². The molecule has 1 heterocycles. The van der Waals surface area contributed by atoms with E-state index in [2.05, 4.69) is 13.8 Å². The highest BCUT2D eigenvalue weighted by Crippen LogP contribution is 2.19. The highest BCUT2D eigenvalue weighted by atomic mass is 16.5. The van der Waals surface area contributed by atoms with Crippen LogP contribution in [0, 0.1) is 0 Å². The largest absolute Gasteiger partial charge is 0.480 e. The van der Waals surface area contributed by atoms with E-state index in [1.165, 1.54) is 0 Å². The van der Waals surface area contributed by atoms with Gasteiger partial charge in [0.15, 0.2) is 0 Å². The predicted molar refractivity (Wildman–Crippen MR) is 57.9 cm³/mol. The van der Waals surface area contributed by atoms with Gasteiger partial charge in [0, 0.05) is 6.54 Å². The average molecular weight is 215 g/mol. The van der Waals surface area contributed by atoms with Crippen LogP contribution >= 0.6 is 0 Å². The van der Waals surface area contributed by atoms with Gasteiger partial charge in [0.25, 0.3) is 0 Å². The van der Waals surface area contributed by atoms with Crippen LogP contribution in [0.5, 0.6) is 0 Å². The molecule has 1 aliphatic rings. The second-order valence-electron chi connectivity index (χ2n) is 4.27. The van der Waals surface area contributed by atoms with Crippen LogP contribution < -0.4 is 0 Å². The van der Waals surface area contributed by atoms with Crippen LogP contribution in [0.25, 0.3) is 0 Å². The summed E-state index contributed by atoms with van der Waals surface area (Å²) in [6.07, 6.45) is 3.70. The summed E-state index contributed by atoms with van der Waals surface area (Å²) in [5.41, 5.74) is 0. The van der Waals surface area contributed by atoms with Gasteiger partial charge in [-0.3, -0.25) is 9.69 Å². The third-order valence-corrected chi connectivity index (χ3v) is 2.68. The van der Waals surface area contributed by atoms with Gasteiger partial charge in [0.1, 0.15) is 0 Å². The molecule has 0 bridgehead atoms. The first-order valence-electron chi connectivity index (χ1n) is 5.71. The Morgan fingerprint density at radius 2 is 2.27 bits per heavy atom. The molecule has 0 aliphatic carbocycles. The van der Waals surface area contributed by atoms with Gasteiger partial charge in [0.2, 0.25) is 0 Å². The van der Waals surface area contributed by atoms with Crippen molar-refractivity contribution in [2.24, 2.45) is 0 Å². The van der Waals surface area contributed by atoms with Crippen LogP contribution in [0.3, 0.4) is 0 Å². The minimum absolute atomic E-state index is 0.127. The summed E-state index contributed by atoms with van der Waals surface area (Å²) in [7, 11) is 0. The van der Waals surface area contributed by atoms with Crippen molar-refractivity contribution in [2.45, 2.75) is 45.3 Å².